The zero-order chi connectivity index (χ0) is 39.1. The van der Waals surface area contributed by atoms with E-state index in [4.69, 9.17) is 33.5 Å². The largest absolute Gasteiger partial charge is 0.394 e. The van der Waals surface area contributed by atoms with Crippen molar-refractivity contribution < 1.29 is 99.9 Å². The van der Waals surface area contributed by atoms with Crippen molar-refractivity contribution in [2.75, 3.05) is 26.4 Å². The lowest BCUT2D eigenvalue weighted by molar-refractivity contribution is -0.349. The summed E-state index contributed by atoms with van der Waals surface area (Å²) < 4.78 is 32.0. The van der Waals surface area contributed by atoms with Crippen molar-refractivity contribution in [2.24, 2.45) is 5.92 Å². The molecule has 53 heavy (non-hydrogen) atoms. The highest BCUT2D eigenvalue weighted by molar-refractivity contribution is 5.14. The molecular formula is C32H53NO20. The van der Waals surface area contributed by atoms with Crippen LogP contribution in [0.3, 0.4) is 0 Å². The highest BCUT2D eigenvalue weighted by Gasteiger charge is 2.51. The van der Waals surface area contributed by atoms with Gasteiger partial charge in [-0.25, -0.2) is 0 Å². The Morgan fingerprint density at radius 2 is 0.943 bits per heavy atom. The van der Waals surface area contributed by atoms with Crippen molar-refractivity contribution >= 4 is 0 Å². The van der Waals surface area contributed by atoms with E-state index in [1.54, 1.807) is 0 Å². The van der Waals surface area contributed by atoms with Gasteiger partial charge in [0, 0.05) is 12.5 Å². The van der Waals surface area contributed by atoms with Crippen molar-refractivity contribution in [1.29, 1.82) is 0 Å². The molecule has 0 saturated carbocycles. The Bertz CT molecular complexity index is 1200. The van der Waals surface area contributed by atoms with E-state index in [1.807, 2.05) is 30.3 Å². The summed E-state index contributed by atoms with van der Waals surface area (Å²) in [6.07, 6.45) is -25.0. The van der Waals surface area contributed by atoms with Crippen molar-refractivity contribution in [1.82, 2.24) is 5.32 Å². The second-order valence-corrected chi connectivity index (χ2v) is 13.3. The molecule has 21 nitrogen and oxygen atoms in total. The summed E-state index contributed by atoms with van der Waals surface area (Å²) in [5.74, 6) is -0.729. The Morgan fingerprint density at radius 1 is 0.509 bits per heavy atom. The minimum absolute atomic E-state index is 0.305. The maximum absolute atomic E-state index is 10.8. The summed E-state index contributed by atoms with van der Waals surface area (Å²) in [7, 11) is 0. The van der Waals surface area contributed by atoms with Crippen LogP contribution in [0.15, 0.2) is 30.3 Å². The molecule has 4 fully saturated rings. The second kappa shape index (κ2) is 20.0. The molecule has 10 unspecified atom stereocenters. The Morgan fingerprint density at radius 3 is 1.40 bits per heavy atom. The summed E-state index contributed by atoms with van der Waals surface area (Å²) in [4.78, 5) is 0. The van der Waals surface area contributed by atoms with Crippen LogP contribution < -0.4 is 5.32 Å². The van der Waals surface area contributed by atoms with E-state index < -0.39 is 149 Å². The predicted molar refractivity (Wildman–Crippen MR) is 171 cm³/mol. The number of hydrogen-bond donors (Lipinski definition) is 15. The first-order valence-electron chi connectivity index (χ1n) is 17.1. The minimum atomic E-state index is -1.68. The second-order valence-electron chi connectivity index (χ2n) is 13.3. The van der Waals surface area contributed by atoms with Crippen LogP contribution in [0, 0.1) is 5.92 Å². The van der Waals surface area contributed by atoms with Gasteiger partial charge >= 0.3 is 0 Å². The molecule has 15 N–H and O–H groups in total. The summed E-state index contributed by atoms with van der Waals surface area (Å²) in [6, 6.07) is 8.25. The van der Waals surface area contributed by atoms with Gasteiger partial charge in [0.2, 0.25) is 0 Å². The number of nitrogens with one attached hydrogen (secondary N) is 1. The molecule has 21 heteroatoms. The van der Waals surface area contributed by atoms with Gasteiger partial charge in [-0.1, -0.05) is 37.3 Å². The van der Waals surface area contributed by atoms with Crippen molar-refractivity contribution in [3.05, 3.63) is 35.9 Å². The smallest absolute Gasteiger partial charge is 0.187 e. The monoisotopic (exact) mass is 771 g/mol. The van der Waals surface area contributed by atoms with Gasteiger partial charge in [-0.2, -0.15) is 0 Å². The maximum atomic E-state index is 10.8. The van der Waals surface area contributed by atoms with E-state index in [0.717, 1.165) is 5.56 Å². The number of benzene rings is 1. The average molecular weight is 772 g/mol. The maximum Gasteiger partial charge on any atom is 0.187 e. The first-order chi connectivity index (χ1) is 25.2. The molecule has 5 rings (SSSR count). The van der Waals surface area contributed by atoms with E-state index >= 15 is 0 Å². The molecule has 4 aliphatic heterocycles. The fourth-order valence-electron chi connectivity index (χ4n) is 6.35. The normalized spacial score (nSPS) is 46.3. The average Bonchev–Trinajstić information content (AvgIpc) is 3.16. The Hall–Kier alpha value is -1.62. The van der Waals surface area contributed by atoms with Crippen LogP contribution in [0.2, 0.25) is 0 Å². The molecule has 1 aromatic rings. The standard InChI is InChI=1S/C19H29NO10.C13H24O10/c21-7-10-13(23)15(25)16(26)19(29-10)30-17-11(8-22)28-18(27)12(14(17)24)20-6-9-4-2-1-3-5-9;1-4-7(16)11(6(3-15)21-12(4)20)23-13-10(19)9(18)8(17)5(2-14)22-13/h1-5,10-27H,6-8H2;4-20H,2-3H2,1H3/t10?,11?,12-,13-,14?,15?,16-,17+,18?,19-;4-,5?,6?,7?,8-,9?,10-,11+,12?,13-/m00/s1. The topological polar surface area (TPSA) is 351 Å². The lowest BCUT2D eigenvalue weighted by Gasteiger charge is -2.46. The first kappa shape index (κ1) is 44.1. The van der Waals surface area contributed by atoms with E-state index in [1.165, 1.54) is 6.92 Å². The molecule has 4 heterocycles. The van der Waals surface area contributed by atoms with Gasteiger partial charge in [0.15, 0.2) is 25.2 Å². The SMILES string of the molecule is C[C@@H]1C(O)OC(CO)[C@@H](O[C@@H]2OC(CO)[C@H](O)C(O)[C@@H]2O)C1O.OCC1O[C@@H](O[C@@H]2C(CO)OC(O)[C@@H](NCc3ccccc3)C2O)[C@@H](O)C(O)[C@H]1O. The van der Waals surface area contributed by atoms with Gasteiger partial charge in [0.05, 0.1) is 38.6 Å². The molecular weight excluding hydrogens is 718 g/mol. The lowest BCUT2D eigenvalue weighted by atomic mass is 9.92. The van der Waals surface area contributed by atoms with Crippen LogP contribution >= 0.6 is 0 Å². The fourth-order valence-corrected chi connectivity index (χ4v) is 6.35. The Balaban J connectivity index is 0.000000245. The van der Waals surface area contributed by atoms with Gasteiger partial charge in [0.1, 0.15) is 79.4 Å². The summed E-state index contributed by atoms with van der Waals surface area (Å²) in [5.41, 5.74) is 0.896. The number of ether oxygens (including phenoxy) is 6. The van der Waals surface area contributed by atoms with Crippen molar-refractivity contribution in [2.45, 2.75) is 130 Å². The minimum Gasteiger partial charge on any atom is -0.394 e. The van der Waals surface area contributed by atoms with E-state index in [2.05, 4.69) is 5.32 Å². The van der Waals surface area contributed by atoms with E-state index in [9.17, 15) is 66.4 Å². The number of aliphatic hydroxyl groups is 14. The molecule has 0 radical (unpaired) electrons. The molecule has 0 bridgehead atoms. The highest BCUT2D eigenvalue weighted by Crippen LogP contribution is 2.31. The molecule has 0 aliphatic carbocycles. The van der Waals surface area contributed by atoms with Gasteiger partial charge in [-0.3, -0.25) is 0 Å². The first-order valence-corrected chi connectivity index (χ1v) is 17.1. The molecule has 4 aliphatic rings. The third-order valence-corrected chi connectivity index (χ3v) is 9.72. The quantitative estimate of drug-likeness (QED) is 0.0993. The van der Waals surface area contributed by atoms with Crippen LogP contribution in [-0.4, -0.2) is 215 Å². The van der Waals surface area contributed by atoms with Gasteiger partial charge in [-0.15, -0.1) is 0 Å². The lowest BCUT2D eigenvalue weighted by Crippen LogP contribution is -2.66. The summed E-state index contributed by atoms with van der Waals surface area (Å²) in [5, 5.41) is 141. The van der Waals surface area contributed by atoms with Gasteiger partial charge < -0.3 is 105 Å². The highest BCUT2D eigenvalue weighted by atomic mass is 16.7. The van der Waals surface area contributed by atoms with Crippen LogP contribution in [0.5, 0.6) is 0 Å². The Kier molecular flexibility index (Phi) is 16.6. The van der Waals surface area contributed by atoms with Crippen molar-refractivity contribution in [3.63, 3.8) is 0 Å². The summed E-state index contributed by atoms with van der Waals surface area (Å²) in [6.45, 7) is -0.623. The van der Waals surface area contributed by atoms with Gasteiger partial charge in [0.25, 0.3) is 0 Å². The zero-order valence-corrected chi connectivity index (χ0v) is 28.7. The zero-order valence-electron chi connectivity index (χ0n) is 28.7. The van der Waals surface area contributed by atoms with Crippen LogP contribution in [0.25, 0.3) is 0 Å². The molecule has 306 valence electrons. The van der Waals surface area contributed by atoms with E-state index in [-0.39, 0.29) is 0 Å². The Labute approximate surface area is 303 Å². The van der Waals surface area contributed by atoms with Crippen molar-refractivity contribution in [3.8, 4) is 0 Å². The number of hydrogen-bond acceptors (Lipinski definition) is 21. The number of aliphatic hydroxyl groups excluding tert-OH is 14. The molecule has 1 aromatic carbocycles. The molecule has 0 aromatic heterocycles. The molecule has 0 spiro atoms. The van der Waals surface area contributed by atoms with Gasteiger partial charge in [-0.05, 0) is 5.56 Å². The summed E-state index contributed by atoms with van der Waals surface area (Å²) >= 11 is 0. The molecule has 4 saturated heterocycles. The molecule has 20 atom stereocenters. The predicted octanol–water partition coefficient (Wildman–Crippen LogP) is -7.72. The van der Waals surface area contributed by atoms with Crippen LogP contribution in [0.4, 0.5) is 0 Å². The third-order valence-electron chi connectivity index (χ3n) is 9.72. The van der Waals surface area contributed by atoms with Crippen LogP contribution in [-0.2, 0) is 35.0 Å². The number of rotatable bonds is 11. The van der Waals surface area contributed by atoms with Crippen LogP contribution in [0.1, 0.15) is 12.5 Å². The van der Waals surface area contributed by atoms with E-state index in [0.29, 0.717) is 6.54 Å². The third kappa shape index (κ3) is 10.2. The molecule has 0 amide bonds. The fraction of sp³-hybridized carbons (Fsp3) is 0.812.